The minimum Gasteiger partial charge on any atom is -0.316 e. The second-order valence-corrected chi connectivity index (χ2v) is 7.44. The predicted octanol–water partition coefficient (Wildman–Crippen LogP) is 4.17. The maximum Gasteiger partial charge on any atom is 0.257 e. The number of hydrogen-bond acceptors (Lipinski definition) is 4. The van der Waals surface area contributed by atoms with Crippen LogP contribution in [0, 0.1) is 20.8 Å². The first-order chi connectivity index (χ1) is 12.4. The van der Waals surface area contributed by atoms with Crippen molar-refractivity contribution in [3.8, 4) is 11.3 Å². The van der Waals surface area contributed by atoms with Crippen LogP contribution < -0.4 is 10.9 Å². The van der Waals surface area contributed by atoms with E-state index in [4.69, 9.17) is 0 Å². The molecule has 0 spiro atoms. The molecule has 5 nitrogen and oxygen atoms in total. The highest BCUT2D eigenvalue weighted by atomic mass is 32.1. The molecular weight excluding hydrogens is 346 g/mol. The Morgan fingerprint density at radius 1 is 1.19 bits per heavy atom. The van der Waals surface area contributed by atoms with Gasteiger partial charge in [0, 0.05) is 34.8 Å². The molecular formula is C20H21N3O2S. The van der Waals surface area contributed by atoms with Crippen LogP contribution in [0.4, 0.5) is 5.13 Å². The zero-order valence-electron chi connectivity index (χ0n) is 15.3. The highest BCUT2D eigenvalue weighted by Gasteiger charge is 2.15. The van der Waals surface area contributed by atoms with Gasteiger partial charge in [0.25, 0.3) is 11.5 Å². The number of nitrogens with zero attached hydrogens (tertiary/aromatic N) is 2. The second-order valence-electron chi connectivity index (χ2n) is 6.24. The van der Waals surface area contributed by atoms with Gasteiger partial charge < -0.3 is 4.57 Å². The summed E-state index contributed by atoms with van der Waals surface area (Å²) in [6, 6.07) is 9.25. The first kappa shape index (κ1) is 18.1. The standard InChI is InChI=1S/C20H21N3O2S/c1-5-23-9-8-15(11-17(23)24)19(25)22-20-21-18(14(4)26-20)16-10-12(2)6-7-13(16)3/h6-11H,5H2,1-4H3,(H,21,22,25). The van der Waals surface area contributed by atoms with Crippen molar-refractivity contribution >= 4 is 22.4 Å². The average Bonchev–Trinajstić information content (AvgIpc) is 2.97. The Bertz CT molecular complexity index is 1030. The van der Waals surface area contributed by atoms with Crippen LogP contribution in [0.3, 0.4) is 0 Å². The summed E-state index contributed by atoms with van der Waals surface area (Å²) in [7, 11) is 0. The van der Waals surface area contributed by atoms with Gasteiger partial charge in [-0.1, -0.05) is 17.7 Å². The molecule has 1 aromatic carbocycles. The van der Waals surface area contributed by atoms with Crippen molar-refractivity contribution in [1.82, 2.24) is 9.55 Å². The van der Waals surface area contributed by atoms with Gasteiger partial charge in [0.15, 0.2) is 5.13 Å². The Labute approximate surface area is 156 Å². The van der Waals surface area contributed by atoms with Gasteiger partial charge in [-0.25, -0.2) is 4.98 Å². The summed E-state index contributed by atoms with van der Waals surface area (Å²) in [5.74, 6) is -0.327. The zero-order chi connectivity index (χ0) is 18.8. The third-order valence-corrected chi connectivity index (χ3v) is 5.15. The van der Waals surface area contributed by atoms with Crippen LogP contribution >= 0.6 is 11.3 Å². The molecule has 0 radical (unpaired) electrons. The molecule has 3 aromatic rings. The number of thiazole rings is 1. The van der Waals surface area contributed by atoms with E-state index in [2.05, 4.69) is 35.4 Å². The molecule has 0 saturated heterocycles. The minimum atomic E-state index is -0.327. The van der Waals surface area contributed by atoms with Crippen molar-refractivity contribution in [3.05, 3.63) is 68.4 Å². The molecule has 0 aliphatic rings. The van der Waals surface area contributed by atoms with Crippen LogP contribution in [-0.4, -0.2) is 15.5 Å². The summed E-state index contributed by atoms with van der Waals surface area (Å²) in [4.78, 5) is 30.0. The lowest BCUT2D eigenvalue weighted by Gasteiger charge is -2.05. The number of amides is 1. The highest BCUT2D eigenvalue weighted by Crippen LogP contribution is 2.32. The van der Waals surface area contributed by atoms with Crippen LogP contribution in [-0.2, 0) is 6.54 Å². The number of anilines is 1. The van der Waals surface area contributed by atoms with Gasteiger partial charge in [-0.05, 0) is 45.4 Å². The number of hydrogen-bond donors (Lipinski definition) is 1. The Morgan fingerprint density at radius 3 is 2.65 bits per heavy atom. The van der Waals surface area contributed by atoms with E-state index in [0.717, 1.165) is 21.7 Å². The van der Waals surface area contributed by atoms with E-state index in [1.54, 1.807) is 16.8 Å². The van der Waals surface area contributed by atoms with E-state index in [1.807, 2.05) is 20.8 Å². The fourth-order valence-corrected chi connectivity index (χ4v) is 3.59. The van der Waals surface area contributed by atoms with E-state index >= 15 is 0 Å². The second kappa shape index (κ2) is 7.25. The van der Waals surface area contributed by atoms with Crippen LogP contribution in [0.1, 0.15) is 33.3 Å². The molecule has 0 saturated carbocycles. The van der Waals surface area contributed by atoms with Crippen molar-refractivity contribution < 1.29 is 4.79 Å². The molecule has 6 heteroatoms. The number of benzene rings is 1. The zero-order valence-corrected chi connectivity index (χ0v) is 16.1. The van der Waals surface area contributed by atoms with Gasteiger partial charge in [0.2, 0.25) is 0 Å². The number of nitrogens with one attached hydrogen (secondary N) is 1. The Kier molecular flexibility index (Phi) is 5.04. The number of rotatable bonds is 4. The molecule has 2 heterocycles. The average molecular weight is 367 g/mol. The molecule has 0 bridgehead atoms. The summed E-state index contributed by atoms with van der Waals surface area (Å²) in [6.45, 7) is 8.55. The highest BCUT2D eigenvalue weighted by molar-refractivity contribution is 7.16. The van der Waals surface area contributed by atoms with Crippen LogP contribution in [0.5, 0.6) is 0 Å². The number of carbonyl (C=O) groups is 1. The molecule has 0 unspecified atom stereocenters. The molecule has 1 amide bonds. The lowest BCUT2D eigenvalue weighted by molar-refractivity contribution is 0.102. The Morgan fingerprint density at radius 2 is 1.96 bits per heavy atom. The molecule has 0 aliphatic carbocycles. The number of aryl methyl sites for hydroxylation is 4. The van der Waals surface area contributed by atoms with Crippen LogP contribution in [0.2, 0.25) is 0 Å². The van der Waals surface area contributed by atoms with Gasteiger partial charge in [-0.3, -0.25) is 14.9 Å². The van der Waals surface area contributed by atoms with Gasteiger partial charge in [0.05, 0.1) is 5.69 Å². The predicted molar refractivity (Wildman–Crippen MR) is 106 cm³/mol. The van der Waals surface area contributed by atoms with E-state index in [-0.39, 0.29) is 11.5 Å². The largest absolute Gasteiger partial charge is 0.316 e. The van der Waals surface area contributed by atoms with Crippen molar-refractivity contribution in [2.45, 2.75) is 34.2 Å². The molecule has 0 fully saturated rings. The normalized spacial score (nSPS) is 10.8. The van der Waals surface area contributed by atoms with Crippen molar-refractivity contribution in [1.29, 1.82) is 0 Å². The fourth-order valence-electron chi connectivity index (χ4n) is 2.77. The lowest BCUT2D eigenvalue weighted by Crippen LogP contribution is -2.21. The fraction of sp³-hybridized carbons (Fsp3) is 0.250. The molecule has 134 valence electrons. The molecule has 0 atom stereocenters. The first-order valence-electron chi connectivity index (χ1n) is 8.46. The minimum absolute atomic E-state index is 0.188. The maximum atomic E-state index is 12.5. The first-order valence-corrected chi connectivity index (χ1v) is 9.27. The van der Waals surface area contributed by atoms with Crippen LogP contribution in [0.25, 0.3) is 11.3 Å². The molecule has 26 heavy (non-hydrogen) atoms. The van der Waals surface area contributed by atoms with Crippen molar-refractivity contribution in [2.75, 3.05) is 5.32 Å². The topological polar surface area (TPSA) is 64.0 Å². The van der Waals surface area contributed by atoms with E-state index in [9.17, 15) is 9.59 Å². The summed E-state index contributed by atoms with van der Waals surface area (Å²) >= 11 is 1.43. The molecule has 3 rings (SSSR count). The van der Waals surface area contributed by atoms with Gasteiger partial charge >= 0.3 is 0 Å². The van der Waals surface area contributed by atoms with Crippen LogP contribution in [0.15, 0.2) is 41.3 Å². The smallest absolute Gasteiger partial charge is 0.257 e. The number of pyridine rings is 1. The van der Waals surface area contributed by atoms with E-state index in [0.29, 0.717) is 17.2 Å². The van der Waals surface area contributed by atoms with Crippen molar-refractivity contribution in [2.24, 2.45) is 0 Å². The number of carbonyl (C=O) groups excluding carboxylic acids is 1. The SMILES string of the molecule is CCn1ccc(C(=O)Nc2nc(-c3cc(C)ccc3C)c(C)s2)cc1=O. The summed E-state index contributed by atoms with van der Waals surface area (Å²) in [5, 5.41) is 3.34. The third kappa shape index (κ3) is 3.60. The Hall–Kier alpha value is -2.73. The van der Waals surface area contributed by atoms with E-state index in [1.165, 1.54) is 23.0 Å². The molecule has 0 aliphatic heterocycles. The van der Waals surface area contributed by atoms with E-state index < -0.39 is 0 Å². The molecule has 2 aromatic heterocycles. The van der Waals surface area contributed by atoms with Gasteiger partial charge in [-0.15, -0.1) is 11.3 Å². The lowest BCUT2D eigenvalue weighted by atomic mass is 10.0. The maximum absolute atomic E-state index is 12.5. The third-order valence-electron chi connectivity index (χ3n) is 4.26. The molecule has 1 N–H and O–H groups in total. The Balaban J connectivity index is 1.88. The number of aromatic nitrogens is 2. The van der Waals surface area contributed by atoms with Gasteiger partial charge in [0.1, 0.15) is 0 Å². The summed E-state index contributed by atoms with van der Waals surface area (Å²) in [5.41, 5.74) is 4.41. The quantitative estimate of drug-likeness (QED) is 0.753. The van der Waals surface area contributed by atoms with Gasteiger partial charge in [-0.2, -0.15) is 0 Å². The monoisotopic (exact) mass is 367 g/mol. The summed E-state index contributed by atoms with van der Waals surface area (Å²) < 4.78 is 1.54. The summed E-state index contributed by atoms with van der Waals surface area (Å²) in [6.07, 6.45) is 1.63. The van der Waals surface area contributed by atoms with Crippen molar-refractivity contribution in [3.63, 3.8) is 0 Å².